The van der Waals surface area contributed by atoms with E-state index in [1.54, 1.807) is 18.4 Å². The minimum Gasteiger partial charge on any atom is -0.497 e. The molecule has 0 radical (unpaired) electrons. The Labute approximate surface area is 128 Å². The van der Waals surface area contributed by atoms with Gasteiger partial charge in [0.25, 0.3) is 0 Å². The van der Waals surface area contributed by atoms with Crippen molar-refractivity contribution in [1.82, 2.24) is 10.3 Å². The maximum Gasteiger partial charge on any atom is 0.123 e. The molecule has 0 unspecified atom stereocenters. The molecule has 3 aromatic rings. The Balaban J connectivity index is 1.91. The quantitative estimate of drug-likeness (QED) is 0.770. The largest absolute Gasteiger partial charge is 0.497 e. The fourth-order valence-corrected chi connectivity index (χ4v) is 3.07. The third-order valence-electron chi connectivity index (χ3n) is 3.40. The van der Waals surface area contributed by atoms with Gasteiger partial charge < -0.3 is 10.1 Å². The average Bonchev–Trinajstić information content (AvgIpc) is 3.00. The highest BCUT2D eigenvalue weighted by molar-refractivity contribution is 7.13. The van der Waals surface area contributed by atoms with Gasteiger partial charge in [-0.3, -0.25) is 0 Å². The number of nitrogens with one attached hydrogen (secondary N) is 1. The Hall–Kier alpha value is -1.91. The molecular formula is C17H18N2OS. The Morgan fingerprint density at radius 3 is 2.76 bits per heavy atom. The van der Waals surface area contributed by atoms with Gasteiger partial charge in [0.2, 0.25) is 0 Å². The highest BCUT2D eigenvalue weighted by Crippen LogP contribution is 2.28. The number of nitrogens with zero attached hydrogens (tertiary/aromatic N) is 1. The molecule has 3 rings (SSSR count). The molecule has 0 fully saturated rings. The van der Waals surface area contributed by atoms with Crippen molar-refractivity contribution >= 4 is 22.1 Å². The fraction of sp³-hybridized carbons (Fsp3) is 0.235. The predicted octanol–water partition coefficient (Wildman–Crippen LogP) is 4.08. The van der Waals surface area contributed by atoms with Crippen molar-refractivity contribution in [3.8, 4) is 16.3 Å². The smallest absolute Gasteiger partial charge is 0.123 e. The highest BCUT2D eigenvalue weighted by atomic mass is 32.1. The van der Waals surface area contributed by atoms with Gasteiger partial charge in [0, 0.05) is 17.5 Å². The van der Waals surface area contributed by atoms with Crippen molar-refractivity contribution in [3.63, 3.8) is 0 Å². The van der Waals surface area contributed by atoms with Gasteiger partial charge in [-0.1, -0.05) is 25.1 Å². The van der Waals surface area contributed by atoms with E-state index in [4.69, 9.17) is 4.74 Å². The Bertz CT molecular complexity index is 751. The molecule has 4 heteroatoms. The molecule has 1 aromatic heterocycles. The van der Waals surface area contributed by atoms with Gasteiger partial charge in [0.1, 0.15) is 10.8 Å². The number of benzene rings is 2. The number of aromatic nitrogens is 1. The number of thiazole rings is 1. The van der Waals surface area contributed by atoms with Crippen LogP contribution in [0.25, 0.3) is 21.3 Å². The van der Waals surface area contributed by atoms with Crippen molar-refractivity contribution in [3.05, 3.63) is 47.5 Å². The lowest BCUT2D eigenvalue weighted by molar-refractivity contribution is 0.415. The summed E-state index contributed by atoms with van der Waals surface area (Å²) in [5, 5.41) is 8.88. The first-order valence-electron chi connectivity index (χ1n) is 7.03. The van der Waals surface area contributed by atoms with Crippen molar-refractivity contribution in [2.45, 2.75) is 13.5 Å². The molecule has 0 saturated carbocycles. The number of hydrogen-bond acceptors (Lipinski definition) is 4. The number of methoxy groups -OCH3 is 1. The molecular weight excluding hydrogens is 280 g/mol. The van der Waals surface area contributed by atoms with Gasteiger partial charge in [0.15, 0.2) is 0 Å². The van der Waals surface area contributed by atoms with Gasteiger partial charge in [-0.25, -0.2) is 4.98 Å². The topological polar surface area (TPSA) is 34.1 Å². The van der Waals surface area contributed by atoms with Gasteiger partial charge in [-0.05, 0) is 35.5 Å². The molecule has 0 aliphatic rings. The standard InChI is InChI=1S/C17H18N2OS/c1-3-18-10-15-11-21-17(19-15)14-5-4-13-9-16(20-2)7-6-12(13)8-14/h4-9,11,18H,3,10H2,1-2H3. The molecule has 1 heterocycles. The van der Waals surface area contributed by atoms with Gasteiger partial charge in [-0.15, -0.1) is 11.3 Å². The molecule has 0 bridgehead atoms. The molecule has 1 N–H and O–H groups in total. The molecule has 2 aromatic carbocycles. The van der Waals surface area contributed by atoms with E-state index in [2.05, 4.69) is 52.9 Å². The Morgan fingerprint density at radius 1 is 1.14 bits per heavy atom. The summed E-state index contributed by atoms with van der Waals surface area (Å²) in [6.07, 6.45) is 0. The molecule has 0 atom stereocenters. The monoisotopic (exact) mass is 298 g/mol. The van der Waals surface area contributed by atoms with Crippen molar-refractivity contribution in [2.24, 2.45) is 0 Å². The van der Waals surface area contributed by atoms with E-state index in [0.717, 1.165) is 29.5 Å². The maximum atomic E-state index is 5.26. The van der Waals surface area contributed by atoms with Crippen LogP contribution in [0.3, 0.4) is 0 Å². The predicted molar refractivity (Wildman–Crippen MR) is 89.0 cm³/mol. The zero-order chi connectivity index (χ0) is 14.7. The van der Waals surface area contributed by atoms with Crippen molar-refractivity contribution < 1.29 is 4.74 Å². The van der Waals surface area contributed by atoms with Crippen molar-refractivity contribution in [1.29, 1.82) is 0 Å². The lowest BCUT2D eigenvalue weighted by Gasteiger charge is -2.04. The molecule has 0 amide bonds. The SMILES string of the molecule is CCNCc1csc(-c2ccc3cc(OC)ccc3c2)n1. The third kappa shape index (κ3) is 3.06. The van der Waals surface area contributed by atoms with Crippen LogP contribution >= 0.6 is 11.3 Å². The van der Waals surface area contributed by atoms with E-state index >= 15 is 0 Å². The van der Waals surface area contributed by atoms with Crippen LogP contribution in [0.15, 0.2) is 41.8 Å². The second-order valence-electron chi connectivity index (χ2n) is 4.85. The zero-order valence-electron chi connectivity index (χ0n) is 12.2. The third-order valence-corrected chi connectivity index (χ3v) is 4.34. The summed E-state index contributed by atoms with van der Waals surface area (Å²) in [6, 6.07) is 12.6. The van der Waals surface area contributed by atoms with Crippen molar-refractivity contribution in [2.75, 3.05) is 13.7 Å². The number of rotatable bonds is 5. The lowest BCUT2D eigenvalue weighted by atomic mass is 10.1. The molecule has 108 valence electrons. The molecule has 0 spiro atoms. The lowest BCUT2D eigenvalue weighted by Crippen LogP contribution is -2.11. The zero-order valence-corrected chi connectivity index (χ0v) is 13.0. The summed E-state index contributed by atoms with van der Waals surface area (Å²) in [6.45, 7) is 3.90. The molecule has 0 saturated heterocycles. The first kappa shape index (κ1) is 14.0. The maximum absolute atomic E-state index is 5.26. The van der Waals surface area contributed by atoms with Gasteiger partial charge >= 0.3 is 0 Å². The molecule has 21 heavy (non-hydrogen) atoms. The number of hydrogen-bond donors (Lipinski definition) is 1. The summed E-state index contributed by atoms with van der Waals surface area (Å²) in [7, 11) is 1.69. The van der Waals surface area contributed by atoms with Gasteiger partial charge in [-0.2, -0.15) is 0 Å². The van der Waals surface area contributed by atoms with Gasteiger partial charge in [0.05, 0.1) is 12.8 Å². The minimum atomic E-state index is 0.831. The number of fused-ring (bicyclic) bond motifs is 1. The Kier molecular flexibility index (Phi) is 4.18. The minimum absolute atomic E-state index is 0.831. The molecule has 0 aliphatic heterocycles. The second kappa shape index (κ2) is 6.24. The van der Waals surface area contributed by atoms with Crippen LogP contribution in [0.5, 0.6) is 5.75 Å². The number of ether oxygens (including phenoxy) is 1. The summed E-state index contributed by atoms with van der Waals surface area (Å²) in [5.41, 5.74) is 2.27. The van der Waals surface area contributed by atoms with Crippen LogP contribution < -0.4 is 10.1 Å². The molecule has 0 aliphatic carbocycles. The average molecular weight is 298 g/mol. The fourth-order valence-electron chi connectivity index (χ4n) is 2.26. The first-order valence-corrected chi connectivity index (χ1v) is 7.91. The summed E-state index contributed by atoms with van der Waals surface area (Å²) in [5.74, 6) is 0.887. The Morgan fingerprint density at radius 2 is 1.95 bits per heavy atom. The van der Waals surface area contributed by atoms with E-state index in [0.29, 0.717) is 0 Å². The second-order valence-corrected chi connectivity index (χ2v) is 5.71. The van der Waals surface area contributed by atoms with E-state index < -0.39 is 0 Å². The van der Waals surface area contributed by atoms with E-state index in [9.17, 15) is 0 Å². The summed E-state index contributed by atoms with van der Waals surface area (Å²) in [4.78, 5) is 4.69. The van der Waals surface area contributed by atoms with Crippen LogP contribution in [-0.4, -0.2) is 18.6 Å². The first-order chi connectivity index (χ1) is 10.3. The van der Waals surface area contributed by atoms with E-state index in [-0.39, 0.29) is 0 Å². The van der Waals surface area contributed by atoms with Crippen LogP contribution in [0.4, 0.5) is 0 Å². The van der Waals surface area contributed by atoms with Crippen LogP contribution in [0.2, 0.25) is 0 Å². The molecule has 3 nitrogen and oxygen atoms in total. The summed E-state index contributed by atoms with van der Waals surface area (Å²) >= 11 is 1.69. The highest BCUT2D eigenvalue weighted by Gasteiger charge is 2.06. The van der Waals surface area contributed by atoms with Crippen LogP contribution in [-0.2, 0) is 6.54 Å². The van der Waals surface area contributed by atoms with Crippen LogP contribution in [0.1, 0.15) is 12.6 Å². The normalized spacial score (nSPS) is 11.0. The van der Waals surface area contributed by atoms with E-state index in [1.807, 2.05) is 6.07 Å². The summed E-state index contributed by atoms with van der Waals surface area (Å²) < 4.78 is 5.26. The van der Waals surface area contributed by atoms with E-state index in [1.165, 1.54) is 16.3 Å². The van der Waals surface area contributed by atoms with Crippen LogP contribution in [0, 0.1) is 0 Å².